The van der Waals surface area contributed by atoms with Crippen LogP contribution in [-0.4, -0.2) is 40.3 Å². The Kier molecular flexibility index (Phi) is 5.71. The summed E-state index contributed by atoms with van der Waals surface area (Å²) in [6, 6.07) is 6.69. The van der Waals surface area contributed by atoms with Crippen molar-refractivity contribution in [2.75, 3.05) is 19.6 Å². The van der Waals surface area contributed by atoms with Gasteiger partial charge < -0.3 is 4.90 Å². The lowest BCUT2D eigenvalue weighted by Crippen LogP contribution is -2.44. The molecule has 2 aromatic rings. The molecule has 2 aliphatic heterocycles. The van der Waals surface area contributed by atoms with Crippen molar-refractivity contribution in [3.63, 3.8) is 0 Å². The second-order valence-corrected chi connectivity index (χ2v) is 9.49. The highest BCUT2D eigenvalue weighted by atomic mass is 32.1. The molecule has 0 unspecified atom stereocenters. The van der Waals surface area contributed by atoms with Gasteiger partial charge in [0.1, 0.15) is 0 Å². The van der Waals surface area contributed by atoms with E-state index in [0.717, 1.165) is 63.1 Å². The molecule has 0 aromatic carbocycles. The normalized spacial score (nSPS) is 22.2. The van der Waals surface area contributed by atoms with Crippen LogP contribution < -0.4 is 0 Å². The predicted octanol–water partition coefficient (Wildman–Crippen LogP) is 4.03. The number of hydrogen-bond donors (Lipinski definition) is 0. The van der Waals surface area contributed by atoms with Gasteiger partial charge in [-0.1, -0.05) is 13.0 Å². The van der Waals surface area contributed by atoms with Crippen molar-refractivity contribution in [2.45, 2.75) is 52.6 Å². The van der Waals surface area contributed by atoms with Crippen LogP contribution in [0.2, 0.25) is 0 Å². The highest BCUT2D eigenvalue weighted by Gasteiger charge is 2.35. The number of nitriles is 1. The molecule has 152 valence electrons. The highest BCUT2D eigenvalue weighted by Crippen LogP contribution is 2.33. The van der Waals surface area contributed by atoms with Crippen LogP contribution in [0.4, 0.5) is 0 Å². The summed E-state index contributed by atoms with van der Waals surface area (Å²) in [4.78, 5) is 23.4. The summed E-state index contributed by atoms with van der Waals surface area (Å²) < 4.78 is 0. The first-order chi connectivity index (χ1) is 14.0. The van der Waals surface area contributed by atoms with Crippen molar-refractivity contribution in [1.29, 1.82) is 5.26 Å². The molecule has 1 amide bonds. The Bertz CT molecular complexity index is 929. The number of nitrogens with zero attached hydrogens (tertiary/aromatic N) is 4. The van der Waals surface area contributed by atoms with Gasteiger partial charge in [-0.2, -0.15) is 5.26 Å². The van der Waals surface area contributed by atoms with Crippen LogP contribution in [0.15, 0.2) is 23.7 Å². The highest BCUT2D eigenvalue weighted by molar-refractivity contribution is 7.10. The average molecular weight is 409 g/mol. The van der Waals surface area contributed by atoms with E-state index in [0.29, 0.717) is 6.54 Å². The summed E-state index contributed by atoms with van der Waals surface area (Å²) in [7, 11) is 0. The number of pyridine rings is 1. The summed E-state index contributed by atoms with van der Waals surface area (Å²) in [6.07, 6.45) is 5.66. The molecule has 4 heterocycles. The number of aromatic nitrogens is 1. The number of piperidine rings is 1. The Morgan fingerprint density at radius 1 is 1.38 bits per heavy atom. The predicted molar refractivity (Wildman–Crippen MR) is 115 cm³/mol. The first kappa shape index (κ1) is 20.1. The van der Waals surface area contributed by atoms with Gasteiger partial charge in [0.2, 0.25) is 0 Å². The first-order valence-electron chi connectivity index (χ1n) is 10.5. The SMILES string of the molecule is CCc1ccc(CN2CCc3c(C(=O)N4CCC[C@@](C)(C#N)C4)csc3C2)nc1. The summed E-state index contributed by atoms with van der Waals surface area (Å²) in [5.41, 5.74) is 4.03. The Labute approximate surface area is 177 Å². The van der Waals surface area contributed by atoms with Crippen molar-refractivity contribution < 1.29 is 4.79 Å². The fourth-order valence-electron chi connectivity index (χ4n) is 4.36. The number of hydrogen-bond acceptors (Lipinski definition) is 5. The molecule has 1 fully saturated rings. The third-order valence-electron chi connectivity index (χ3n) is 6.19. The molecule has 0 bridgehead atoms. The van der Waals surface area contributed by atoms with E-state index in [2.05, 4.69) is 35.0 Å². The third kappa shape index (κ3) is 4.22. The van der Waals surface area contributed by atoms with E-state index in [1.165, 1.54) is 16.0 Å². The van der Waals surface area contributed by atoms with Gasteiger partial charge in [-0.3, -0.25) is 14.7 Å². The van der Waals surface area contributed by atoms with Gasteiger partial charge in [0.15, 0.2) is 0 Å². The molecule has 0 radical (unpaired) electrons. The maximum atomic E-state index is 13.2. The van der Waals surface area contributed by atoms with Crippen molar-refractivity contribution in [3.05, 3.63) is 51.0 Å². The van der Waals surface area contributed by atoms with Crippen LogP contribution in [0.1, 0.15) is 58.7 Å². The minimum Gasteiger partial charge on any atom is -0.337 e. The van der Waals surface area contributed by atoms with E-state index >= 15 is 0 Å². The fourth-order valence-corrected chi connectivity index (χ4v) is 5.47. The second-order valence-electron chi connectivity index (χ2n) is 8.53. The minimum absolute atomic E-state index is 0.106. The summed E-state index contributed by atoms with van der Waals surface area (Å²) in [5.74, 6) is 0.106. The van der Waals surface area contributed by atoms with Gasteiger partial charge in [-0.15, -0.1) is 11.3 Å². The number of amides is 1. The number of aryl methyl sites for hydroxylation is 1. The van der Waals surface area contributed by atoms with E-state index in [-0.39, 0.29) is 5.91 Å². The van der Waals surface area contributed by atoms with E-state index in [9.17, 15) is 10.1 Å². The molecule has 0 saturated carbocycles. The van der Waals surface area contributed by atoms with Gasteiger partial charge in [-0.05, 0) is 49.8 Å². The molecular formula is C23H28N4OS. The van der Waals surface area contributed by atoms with E-state index in [1.54, 1.807) is 11.3 Å². The van der Waals surface area contributed by atoms with Crippen molar-refractivity contribution in [2.24, 2.45) is 5.41 Å². The quantitative estimate of drug-likeness (QED) is 0.766. The second kappa shape index (κ2) is 8.25. The largest absolute Gasteiger partial charge is 0.337 e. The molecule has 5 nitrogen and oxygen atoms in total. The third-order valence-corrected chi connectivity index (χ3v) is 7.20. The van der Waals surface area contributed by atoms with Crippen LogP contribution in [-0.2, 0) is 25.9 Å². The molecule has 6 heteroatoms. The lowest BCUT2D eigenvalue weighted by molar-refractivity contribution is 0.0628. The van der Waals surface area contributed by atoms with Crippen LogP contribution in [0.5, 0.6) is 0 Å². The molecule has 1 saturated heterocycles. The summed E-state index contributed by atoms with van der Waals surface area (Å²) in [6.45, 7) is 8.07. The van der Waals surface area contributed by atoms with Gasteiger partial charge in [0.25, 0.3) is 5.91 Å². The molecule has 2 aromatic heterocycles. The lowest BCUT2D eigenvalue weighted by Gasteiger charge is -2.36. The maximum Gasteiger partial charge on any atom is 0.255 e. The van der Waals surface area contributed by atoms with Gasteiger partial charge in [-0.25, -0.2) is 0 Å². The van der Waals surface area contributed by atoms with Crippen molar-refractivity contribution >= 4 is 17.2 Å². The van der Waals surface area contributed by atoms with E-state index < -0.39 is 5.41 Å². The maximum absolute atomic E-state index is 13.2. The summed E-state index contributed by atoms with van der Waals surface area (Å²) in [5, 5.41) is 11.5. The number of carbonyl (C=O) groups is 1. The minimum atomic E-state index is -0.416. The van der Waals surface area contributed by atoms with Crippen LogP contribution >= 0.6 is 11.3 Å². The van der Waals surface area contributed by atoms with Crippen molar-refractivity contribution in [1.82, 2.24) is 14.8 Å². The zero-order chi connectivity index (χ0) is 20.4. The Balaban J connectivity index is 1.44. The van der Waals surface area contributed by atoms with Gasteiger partial charge in [0, 0.05) is 49.2 Å². The lowest BCUT2D eigenvalue weighted by atomic mass is 9.83. The molecule has 1 atom stereocenters. The van der Waals surface area contributed by atoms with Crippen LogP contribution in [0, 0.1) is 16.7 Å². The number of fused-ring (bicyclic) bond motifs is 1. The molecular weight excluding hydrogens is 380 g/mol. The van der Waals surface area contributed by atoms with Crippen LogP contribution in [0.25, 0.3) is 0 Å². The smallest absolute Gasteiger partial charge is 0.255 e. The molecule has 0 spiro atoms. The molecule has 29 heavy (non-hydrogen) atoms. The molecule has 0 N–H and O–H groups in total. The number of carbonyl (C=O) groups excluding carboxylic acids is 1. The Hall–Kier alpha value is -2.23. The first-order valence-corrected chi connectivity index (χ1v) is 11.4. The average Bonchev–Trinajstić information content (AvgIpc) is 3.17. The van der Waals surface area contributed by atoms with Crippen LogP contribution in [0.3, 0.4) is 0 Å². The monoisotopic (exact) mass is 408 g/mol. The molecule has 2 aliphatic rings. The van der Waals surface area contributed by atoms with E-state index in [4.69, 9.17) is 0 Å². The Morgan fingerprint density at radius 3 is 2.97 bits per heavy atom. The molecule has 0 aliphatic carbocycles. The Morgan fingerprint density at radius 2 is 2.24 bits per heavy atom. The van der Waals surface area contributed by atoms with Gasteiger partial charge in [0.05, 0.1) is 22.7 Å². The van der Waals surface area contributed by atoms with E-state index in [1.807, 2.05) is 23.4 Å². The van der Waals surface area contributed by atoms with Crippen molar-refractivity contribution in [3.8, 4) is 6.07 Å². The number of thiophene rings is 1. The fraction of sp³-hybridized carbons (Fsp3) is 0.522. The standard InChI is InChI=1S/C23H28N4OS/c1-3-17-5-6-18(25-11-17)12-26-10-7-19-20(14-29-21(19)13-26)22(28)27-9-4-8-23(2,15-24)16-27/h5-6,11,14H,3-4,7-10,12-13,16H2,1-2H3/t23-/m0/s1. The number of rotatable bonds is 4. The number of likely N-dealkylation sites (tertiary alicyclic amines) is 1. The summed E-state index contributed by atoms with van der Waals surface area (Å²) >= 11 is 1.70. The molecule has 4 rings (SSSR count). The van der Waals surface area contributed by atoms with Gasteiger partial charge >= 0.3 is 0 Å². The zero-order valence-corrected chi connectivity index (χ0v) is 18.1. The zero-order valence-electron chi connectivity index (χ0n) is 17.3. The topological polar surface area (TPSA) is 60.2 Å².